The Kier molecular flexibility index (Phi) is 6.03. The van der Waals surface area contributed by atoms with Crippen molar-refractivity contribution in [1.29, 1.82) is 0 Å². The van der Waals surface area contributed by atoms with Crippen molar-refractivity contribution >= 4 is 23.2 Å². The molecule has 2 aromatic rings. The highest BCUT2D eigenvalue weighted by molar-refractivity contribution is 6.30. The highest BCUT2D eigenvalue weighted by Crippen LogP contribution is 2.23. The number of rotatable bonds is 6. The second kappa shape index (κ2) is 8.02. The molecule has 134 valence electrons. The predicted molar refractivity (Wildman–Crippen MR) is 97.3 cm³/mol. The largest absolute Gasteiger partial charge is 0.496 e. The SMILES string of the molecule is COc1ccc(Cl)cc1CN(C)C(=O)Cn1ncc(N(C)C)cc1=O. The van der Waals surface area contributed by atoms with Gasteiger partial charge in [0.1, 0.15) is 12.3 Å². The van der Waals surface area contributed by atoms with Gasteiger partial charge < -0.3 is 14.5 Å². The summed E-state index contributed by atoms with van der Waals surface area (Å²) in [7, 11) is 6.85. The van der Waals surface area contributed by atoms with Gasteiger partial charge in [0.25, 0.3) is 5.56 Å². The fourth-order valence-electron chi connectivity index (χ4n) is 2.25. The lowest BCUT2D eigenvalue weighted by Gasteiger charge is -2.19. The van der Waals surface area contributed by atoms with Crippen LogP contribution in [0.4, 0.5) is 5.69 Å². The maximum absolute atomic E-state index is 12.4. The molecule has 0 atom stereocenters. The summed E-state index contributed by atoms with van der Waals surface area (Å²) in [6, 6.07) is 6.67. The van der Waals surface area contributed by atoms with Gasteiger partial charge in [-0.05, 0) is 18.2 Å². The Balaban J connectivity index is 2.11. The van der Waals surface area contributed by atoms with E-state index in [9.17, 15) is 9.59 Å². The number of nitrogens with zero attached hydrogens (tertiary/aromatic N) is 4. The van der Waals surface area contributed by atoms with E-state index in [1.807, 2.05) is 14.1 Å². The van der Waals surface area contributed by atoms with Crippen LogP contribution >= 0.6 is 11.6 Å². The van der Waals surface area contributed by atoms with Crippen molar-refractivity contribution in [3.05, 3.63) is 51.4 Å². The van der Waals surface area contributed by atoms with Crippen molar-refractivity contribution < 1.29 is 9.53 Å². The molecular weight excluding hydrogens is 344 g/mol. The Labute approximate surface area is 151 Å². The minimum absolute atomic E-state index is 0.133. The molecule has 0 saturated carbocycles. The first-order valence-electron chi connectivity index (χ1n) is 7.62. The summed E-state index contributed by atoms with van der Waals surface area (Å²) in [5, 5.41) is 4.61. The lowest BCUT2D eigenvalue weighted by Crippen LogP contribution is -2.35. The number of amides is 1. The fourth-order valence-corrected chi connectivity index (χ4v) is 2.45. The van der Waals surface area contributed by atoms with Crippen molar-refractivity contribution in [3.63, 3.8) is 0 Å². The zero-order valence-corrected chi connectivity index (χ0v) is 15.4. The maximum Gasteiger partial charge on any atom is 0.269 e. The molecule has 0 aliphatic carbocycles. The van der Waals surface area contributed by atoms with E-state index >= 15 is 0 Å². The van der Waals surface area contributed by atoms with E-state index in [1.165, 1.54) is 11.0 Å². The quantitative estimate of drug-likeness (QED) is 0.779. The van der Waals surface area contributed by atoms with Gasteiger partial charge in [-0.25, -0.2) is 4.68 Å². The molecule has 8 heteroatoms. The third-order valence-electron chi connectivity index (χ3n) is 3.73. The van der Waals surface area contributed by atoms with Gasteiger partial charge in [0, 0.05) is 44.3 Å². The number of anilines is 1. The number of methoxy groups -OCH3 is 1. The first kappa shape index (κ1) is 18.8. The third-order valence-corrected chi connectivity index (χ3v) is 3.97. The number of halogens is 1. The van der Waals surface area contributed by atoms with Gasteiger partial charge in [0.15, 0.2) is 0 Å². The van der Waals surface area contributed by atoms with Gasteiger partial charge in [0.05, 0.1) is 19.0 Å². The molecular formula is C17H21ClN4O3. The second-order valence-electron chi connectivity index (χ2n) is 5.81. The molecule has 25 heavy (non-hydrogen) atoms. The van der Waals surface area contributed by atoms with E-state index in [0.29, 0.717) is 23.0 Å². The molecule has 0 bridgehead atoms. The summed E-state index contributed by atoms with van der Waals surface area (Å²) in [5.74, 6) is 0.406. The molecule has 1 amide bonds. The molecule has 7 nitrogen and oxygen atoms in total. The number of carbonyl (C=O) groups is 1. The van der Waals surface area contributed by atoms with Crippen LogP contribution in [0.3, 0.4) is 0 Å². The molecule has 1 aromatic heterocycles. The first-order valence-corrected chi connectivity index (χ1v) is 8.00. The highest BCUT2D eigenvalue weighted by Gasteiger charge is 2.14. The van der Waals surface area contributed by atoms with Crippen molar-refractivity contribution in [3.8, 4) is 5.75 Å². The van der Waals surface area contributed by atoms with Crippen molar-refractivity contribution in [2.24, 2.45) is 0 Å². The Morgan fingerprint density at radius 3 is 2.60 bits per heavy atom. The van der Waals surface area contributed by atoms with E-state index in [-0.39, 0.29) is 18.0 Å². The average molecular weight is 365 g/mol. The topological polar surface area (TPSA) is 67.7 Å². The zero-order chi connectivity index (χ0) is 18.6. The van der Waals surface area contributed by atoms with E-state index in [0.717, 1.165) is 10.2 Å². The van der Waals surface area contributed by atoms with Crippen LogP contribution in [-0.2, 0) is 17.9 Å². The summed E-state index contributed by atoms with van der Waals surface area (Å²) in [6.07, 6.45) is 1.55. The zero-order valence-electron chi connectivity index (χ0n) is 14.7. The summed E-state index contributed by atoms with van der Waals surface area (Å²) < 4.78 is 6.43. The Morgan fingerprint density at radius 1 is 1.28 bits per heavy atom. The number of carbonyl (C=O) groups excluding carboxylic acids is 1. The molecule has 0 spiro atoms. The van der Waals surface area contributed by atoms with Crippen molar-refractivity contribution in [2.75, 3.05) is 33.2 Å². The third kappa shape index (κ3) is 4.73. The highest BCUT2D eigenvalue weighted by atomic mass is 35.5. The Bertz CT molecular complexity index is 820. The van der Waals surface area contributed by atoms with E-state index in [1.54, 1.807) is 43.5 Å². The van der Waals surface area contributed by atoms with Crippen LogP contribution < -0.4 is 15.2 Å². The summed E-state index contributed by atoms with van der Waals surface area (Å²) in [4.78, 5) is 27.8. The van der Waals surface area contributed by atoms with E-state index in [4.69, 9.17) is 16.3 Å². The molecule has 1 heterocycles. The van der Waals surface area contributed by atoms with Crippen LogP contribution in [0.25, 0.3) is 0 Å². The van der Waals surface area contributed by atoms with Crippen LogP contribution in [0.2, 0.25) is 5.02 Å². The van der Waals surface area contributed by atoms with Gasteiger partial charge in [0.2, 0.25) is 5.91 Å². The smallest absolute Gasteiger partial charge is 0.269 e. The first-order chi connectivity index (χ1) is 11.8. The molecule has 0 fully saturated rings. The number of likely N-dealkylation sites (N-methyl/N-ethyl adjacent to an activating group) is 1. The van der Waals surface area contributed by atoms with E-state index in [2.05, 4.69) is 5.10 Å². The van der Waals surface area contributed by atoms with E-state index < -0.39 is 0 Å². The maximum atomic E-state index is 12.4. The summed E-state index contributed by atoms with van der Waals surface area (Å²) in [6.45, 7) is 0.180. The van der Waals surface area contributed by atoms with Gasteiger partial charge in [-0.3, -0.25) is 9.59 Å². The number of aromatic nitrogens is 2. The molecule has 0 aliphatic heterocycles. The van der Waals surface area contributed by atoms with Crippen LogP contribution in [0.15, 0.2) is 35.3 Å². The summed E-state index contributed by atoms with van der Waals surface area (Å²) >= 11 is 6.01. The van der Waals surface area contributed by atoms with Gasteiger partial charge in [-0.1, -0.05) is 11.6 Å². The summed E-state index contributed by atoms with van der Waals surface area (Å²) in [5.41, 5.74) is 1.15. The van der Waals surface area contributed by atoms with Crippen LogP contribution in [0, 0.1) is 0 Å². The number of hydrogen-bond acceptors (Lipinski definition) is 5. The van der Waals surface area contributed by atoms with Gasteiger partial charge in [-0.15, -0.1) is 0 Å². The van der Waals surface area contributed by atoms with Crippen LogP contribution in [0.1, 0.15) is 5.56 Å². The normalized spacial score (nSPS) is 10.4. The Hall–Kier alpha value is -2.54. The molecule has 1 aromatic carbocycles. The minimum atomic E-state index is -0.326. The predicted octanol–water partition coefficient (Wildman–Crippen LogP) is 1.63. The number of benzene rings is 1. The molecule has 0 radical (unpaired) electrons. The second-order valence-corrected chi connectivity index (χ2v) is 6.25. The lowest BCUT2D eigenvalue weighted by molar-refractivity contribution is -0.131. The van der Waals surface area contributed by atoms with Gasteiger partial charge in [-0.2, -0.15) is 5.10 Å². The average Bonchev–Trinajstić information content (AvgIpc) is 2.56. The standard InChI is InChI=1S/C17H21ClN4O3/c1-20(2)14-8-16(23)22(19-9-14)11-17(24)21(3)10-12-7-13(18)5-6-15(12)25-4/h5-9H,10-11H2,1-4H3. The number of ether oxygens (including phenoxy) is 1. The van der Waals surface area contributed by atoms with Crippen LogP contribution in [0.5, 0.6) is 5.75 Å². The monoisotopic (exact) mass is 364 g/mol. The Morgan fingerprint density at radius 2 is 2.00 bits per heavy atom. The molecule has 0 N–H and O–H groups in total. The van der Waals surface area contributed by atoms with Crippen molar-refractivity contribution in [1.82, 2.24) is 14.7 Å². The number of hydrogen-bond donors (Lipinski definition) is 0. The minimum Gasteiger partial charge on any atom is -0.496 e. The van der Waals surface area contributed by atoms with Crippen LogP contribution in [-0.4, -0.2) is 48.8 Å². The molecule has 0 saturated heterocycles. The molecule has 0 aliphatic rings. The fraction of sp³-hybridized carbons (Fsp3) is 0.353. The molecule has 0 unspecified atom stereocenters. The lowest BCUT2D eigenvalue weighted by atomic mass is 10.2. The molecule has 2 rings (SSSR count). The van der Waals surface area contributed by atoms with Gasteiger partial charge >= 0.3 is 0 Å². The van der Waals surface area contributed by atoms with Crippen molar-refractivity contribution in [2.45, 2.75) is 13.1 Å².